The standard InChI is InChI=1S/C21H21NOS/c1-2-20(24-15-16-9-4-3-5-10-16)21(23)22-19-14-8-12-17-11-6-7-13-18(17)19/h3-14,20H,2,15H2,1H3,(H,22,23). The van der Waals surface area contributed by atoms with Crippen LogP contribution in [0.1, 0.15) is 18.9 Å². The fourth-order valence-corrected chi connectivity index (χ4v) is 3.73. The predicted octanol–water partition coefficient (Wildman–Crippen LogP) is 5.49. The fraction of sp³-hybridized carbons (Fsp3) is 0.190. The van der Waals surface area contributed by atoms with Crippen molar-refractivity contribution in [1.82, 2.24) is 0 Å². The van der Waals surface area contributed by atoms with E-state index >= 15 is 0 Å². The molecule has 3 aromatic carbocycles. The Hall–Kier alpha value is -2.26. The van der Waals surface area contributed by atoms with Crippen molar-refractivity contribution >= 4 is 34.1 Å². The minimum absolute atomic E-state index is 0.0517. The van der Waals surface area contributed by atoms with Gasteiger partial charge < -0.3 is 5.32 Å². The first-order chi connectivity index (χ1) is 11.8. The lowest BCUT2D eigenvalue weighted by Gasteiger charge is -2.16. The van der Waals surface area contributed by atoms with Gasteiger partial charge in [-0.3, -0.25) is 4.79 Å². The average Bonchev–Trinajstić information content (AvgIpc) is 2.63. The fourth-order valence-electron chi connectivity index (χ4n) is 2.70. The number of hydrogen-bond acceptors (Lipinski definition) is 2. The molecule has 1 unspecified atom stereocenters. The molecule has 0 aromatic heterocycles. The zero-order valence-electron chi connectivity index (χ0n) is 13.7. The normalized spacial score (nSPS) is 12.0. The molecule has 1 atom stereocenters. The molecule has 2 nitrogen and oxygen atoms in total. The van der Waals surface area contributed by atoms with Gasteiger partial charge in [-0.15, -0.1) is 11.8 Å². The number of rotatable bonds is 6. The van der Waals surface area contributed by atoms with Crippen LogP contribution in [0.15, 0.2) is 72.8 Å². The highest BCUT2D eigenvalue weighted by atomic mass is 32.2. The highest BCUT2D eigenvalue weighted by Gasteiger charge is 2.17. The largest absolute Gasteiger partial charge is 0.325 e. The summed E-state index contributed by atoms with van der Waals surface area (Å²) in [7, 11) is 0. The Labute approximate surface area is 147 Å². The third kappa shape index (κ3) is 3.98. The van der Waals surface area contributed by atoms with Crippen LogP contribution in [0.3, 0.4) is 0 Å². The molecule has 3 aromatic rings. The van der Waals surface area contributed by atoms with Crippen LogP contribution in [0.25, 0.3) is 10.8 Å². The van der Waals surface area contributed by atoms with Crippen LogP contribution in [-0.4, -0.2) is 11.2 Å². The van der Waals surface area contributed by atoms with Gasteiger partial charge in [0, 0.05) is 16.8 Å². The molecule has 122 valence electrons. The van der Waals surface area contributed by atoms with E-state index in [1.54, 1.807) is 11.8 Å². The van der Waals surface area contributed by atoms with Gasteiger partial charge in [-0.25, -0.2) is 0 Å². The van der Waals surface area contributed by atoms with Crippen molar-refractivity contribution < 1.29 is 4.79 Å². The van der Waals surface area contributed by atoms with E-state index in [2.05, 4.69) is 36.5 Å². The van der Waals surface area contributed by atoms with Crippen molar-refractivity contribution in [3.05, 3.63) is 78.4 Å². The van der Waals surface area contributed by atoms with Gasteiger partial charge in [-0.1, -0.05) is 73.7 Å². The molecule has 0 aliphatic rings. The Bertz CT molecular complexity index is 811. The second kappa shape index (κ2) is 8.02. The third-order valence-corrected chi connectivity index (χ3v) is 5.45. The summed E-state index contributed by atoms with van der Waals surface area (Å²) in [5.74, 6) is 0.928. The van der Waals surface area contributed by atoms with Crippen LogP contribution in [0, 0.1) is 0 Å². The first kappa shape index (κ1) is 16.6. The lowest BCUT2D eigenvalue weighted by molar-refractivity contribution is -0.115. The molecule has 0 aliphatic heterocycles. The van der Waals surface area contributed by atoms with Gasteiger partial charge in [0.2, 0.25) is 5.91 Å². The SMILES string of the molecule is CCC(SCc1ccccc1)C(=O)Nc1cccc2ccccc12. The van der Waals surface area contributed by atoms with Gasteiger partial charge in [-0.2, -0.15) is 0 Å². The zero-order valence-corrected chi connectivity index (χ0v) is 14.6. The number of carbonyl (C=O) groups is 1. The Morgan fingerprint density at radius 1 is 0.958 bits per heavy atom. The highest BCUT2D eigenvalue weighted by molar-refractivity contribution is 7.99. The van der Waals surface area contributed by atoms with Crippen molar-refractivity contribution in [2.24, 2.45) is 0 Å². The third-order valence-electron chi connectivity index (χ3n) is 4.00. The van der Waals surface area contributed by atoms with Crippen LogP contribution in [0.2, 0.25) is 0 Å². The number of thioether (sulfide) groups is 1. The lowest BCUT2D eigenvalue weighted by atomic mass is 10.1. The molecular weight excluding hydrogens is 314 g/mol. The first-order valence-electron chi connectivity index (χ1n) is 8.22. The van der Waals surface area contributed by atoms with Crippen LogP contribution >= 0.6 is 11.8 Å². The van der Waals surface area contributed by atoms with Crippen molar-refractivity contribution in [2.45, 2.75) is 24.3 Å². The van der Waals surface area contributed by atoms with Gasteiger partial charge in [-0.05, 0) is 23.4 Å². The number of nitrogens with one attached hydrogen (secondary N) is 1. The Morgan fingerprint density at radius 2 is 1.67 bits per heavy atom. The van der Waals surface area contributed by atoms with Crippen molar-refractivity contribution in [3.63, 3.8) is 0 Å². The number of amides is 1. The summed E-state index contributed by atoms with van der Waals surface area (Å²) in [6, 6.07) is 24.4. The number of anilines is 1. The monoisotopic (exact) mass is 335 g/mol. The minimum atomic E-state index is -0.0517. The molecule has 0 fully saturated rings. The molecule has 0 aliphatic carbocycles. The van der Waals surface area contributed by atoms with Crippen LogP contribution < -0.4 is 5.32 Å². The van der Waals surface area contributed by atoms with E-state index in [1.807, 2.05) is 48.5 Å². The number of hydrogen-bond donors (Lipinski definition) is 1. The Kier molecular flexibility index (Phi) is 5.55. The quantitative estimate of drug-likeness (QED) is 0.645. The maximum atomic E-state index is 12.7. The maximum Gasteiger partial charge on any atom is 0.237 e. The maximum absolute atomic E-state index is 12.7. The van der Waals surface area contributed by atoms with Crippen molar-refractivity contribution in [2.75, 3.05) is 5.32 Å². The molecule has 0 bridgehead atoms. The summed E-state index contributed by atoms with van der Waals surface area (Å²) in [5.41, 5.74) is 2.13. The van der Waals surface area contributed by atoms with E-state index in [0.29, 0.717) is 0 Å². The van der Waals surface area contributed by atoms with Gasteiger partial charge in [0.05, 0.1) is 5.25 Å². The Morgan fingerprint density at radius 3 is 2.46 bits per heavy atom. The van der Waals surface area contributed by atoms with Crippen LogP contribution in [-0.2, 0) is 10.5 Å². The molecule has 0 saturated carbocycles. The van der Waals surface area contributed by atoms with E-state index in [0.717, 1.165) is 28.6 Å². The van der Waals surface area contributed by atoms with Gasteiger partial charge in [0.15, 0.2) is 0 Å². The minimum Gasteiger partial charge on any atom is -0.325 e. The predicted molar refractivity (Wildman–Crippen MR) is 104 cm³/mol. The zero-order chi connectivity index (χ0) is 16.8. The van der Waals surface area contributed by atoms with E-state index < -0.39 is 0 Å². The molecule has 24 heavy (non-hydrogen) atoms. The van der Waals surface area contributed by atoms with Crippen LogP contribution in [0.5, 0.6) is 0 Å². The number of fused-ring (bicyclic) bond motifs is 1. The van der Waals surface area contributed by atoms with Gasteiger partial charge >= 0.3 is 0 Å². The second-order valence-electron chi connectivity index (χ2n) is 5.71. The van der Waals surface area contributed by atoms with Crippen molar-refractivity contribution in [3.8, 4) is 0 Å². The van der Waals surface area contributed by atoms with E-state index in [1.165, 1.54) is 5.56 Å². The summed E-state index contributed by atoms with van der Waals surface area (Å²) in [4.78, 5) is 12.7. The number of carbonyl (C=O) groups excluding carboxylic acids is 1. The molecule has 0 heterocycles. The molecule has 3 heteroatoms. The van der Waals surface area contributed by atoms with Crippen LogP contribution in [0.4, 0.5) is 5.69 Å². The van der Waals surface area contributed by atoms with E-state index in [9.17, 15) is 4.79 Å². The van der Waals surface area contributed by atoms with E-state index in [-0.39, 0.29) is 11.2 Å². The average molecular weight is 335 g/mol. The molecule has 1 N–H and O–H groups in total. The van der Waals surface area contributed by atoms with Gasteiger partial charge in [0.25, 0.3) is 0 Å². The summed E-state index contributed by atoms with van der Waals surface area (Å²) >= 11 is 1.70. The molecule has 1 amide bonds. The highest BCUT2D eigenvalue weighted by Crippen LogP contribution is 2.26. The number of benzene rings is 3. The Balaban J connectivity index is 1.70. The summed E-state index contributed by atoms with van der Waals surface area (Å²) in [5, 5.41) is 5.28. The molecule has 0 radical (unpaired) electrons. The van der Waals surface area contributed by atoms with Crippen molar-refractivity contribution in [1.29, 1.82) is 0 Å². The van der Waals surface area contributed by atoms with E-state index in [4.69, 9.17) is 0 Å². The molecule has 0 spiro atoms. The second-order valence-corrected chi connectivity index (χ2v) is 6.90. The summed E-state index contributed by atoms with van der Waals surface area (Å²) < 4.78 is 0. The van der Waals surface area contributed by atoms with Gasteiger partial charge in [0.1, 0.15) is 0 Å². The summed E-state index contributed by atoms with van der Waals surface area (Å²) in [6.07, 6.45) is 0.814. The summed E-state index contributed by atoms with van der Waals surface area (Å²) in [6.45, 7) is 2.06. The topological polar surface area (TPSA) is 29.1 Å². The molecular formula is C21H21NOS. The lowest BCUT2D eigenvalue weighted by Crippen LogP contribution is -2.24. The first-order valence-corrected chi connectivity index (χ1v) is 9.27. The molecule has 3 rings (SSSR count). The molecule has 0 saturated heterocycles. The smallest absolute Gasteiger partial charge is 0.237 e.